The lowest BCUT2D eigenvalue weighted by atomic mass is 10.0. The van der Waals surface area contributed by atoms with Gasteiger partial charge in [-0.15, -0.1) is 5.10 Å². The fourth-order valence-corrected chi connectivity index (χ4v) is 3.62. The summed E-state index contributed by atoms with van der Waals surface area (Å²) < 4.78 is 8.71. The normalized spacial score (nSPS) is 14.7. The van der Waals surface area contributed by atoms with Gasteiger partial charge in [-0.05, 0) is 26.0 Å². The lowest BCUT2D eigenvalue weighted by Gasteiger charge is -2.38. The Hall–Kier alpha value is -3.85. The van der Waals surface area contributed by atoms with Gasteiger partial charge in [-0.3, -0.25) is 9.36 Å². The number of benzene rings is 1. The van der Waals surface area contributed by atoms with Crippen molar-refractivity contribution in [1.82, 2.24) is 34.8 Å². The van der Waals surface area contributed by atoms with Gasteiger partial charge in [-0.25, -0.2) is 14.6 Å². The monoisotopic (exact) mass is 429 g/mol. The topological polar surface area (TPSA) is 99.8 Å². The zero-order valence-electron chi connectivity index (χ0n) is 18.1. The van der Waals surface area contributed by atoms with E-state index in [1.807, 2.05) is 55.9 Å². The Balaban J connectivity index is 1.39. The molecule has 4 heterocycles. The number of hydrogen-bond acceptors (Lipinski definition) is 6. The van der Waals surface area contributed by atoms with Crippen LogP contribution in [0.4, 0.5) is 0 Å². The van der Waals surface area contributed by atoms with Gasteiger partial charge in [-0.2, -0.15) is 0 Å². The largest absolute Gasteiger partial charge is 0.376 e. The first-order valence-electron chi connectivity index (χ1n) is 10.3. The molecule has 0 aliphatic carbocycles. The summed E-state index contributed by atoms with van der Waals surface area (Å²) in [6, 6.07) is 11.7. The number of carbonyl (C=O) groups is 1. The molecule has 32 heavy (non-hydrogen) atoms. The summed E-state index contributed by atoms with van der Waals surface area (Å²) in [4.78, 5) is 21.4. The van der Waals surface area contributed by atoms with Gasteiger partial charge in [0.25, 0.3) is 5.91 Å². The van der Waals surface area contributed by atoms with Crippen molar-refractivity contribution < 1.29 is 9.53 Å². The highest BCUT2D eigenvalue weighted by Crippen LogP contribution is 2.29. The number of aryl methyl sites for hydroxylation is 2. The van der Waals surface area contributed by atoms with Crippen LogP contribution >= 0.6 is 0 Å². The summed E-state index contributed by atoms with van der Waals surface area (Å²) in [6.07, 6.45) is 5.14. The van der Waals surface area contributed by atoms with E-state index >= 15 is 0 Å². The summed E-state index contributed by atoms with van der Waals surface area (Å²) in [5.41, 5.74) is 4.68. The quantitative estimate of drug-likeness (QED) is 0.523. The Labute approximate surface area is 185 Å². The number of carbonyl (C=O) groups excluding carboxylic acids is 1. The summed E-state index contributed by atoms with van der Waals surface area (Å²) >= 11 is 0. The van der Waals surface area contributed by atoms with Crippen LogP contribution in [0.1, 0.15) is 22.8 Å². The third-order valence-corrected chi connectivity index (χ3v) is 5.51. The number of nitrogens with zero attached hydrogens (tertiary/aromatic N) is 6. The third-order valence-electron chi connectivity index (χ3n) is 5.51. The number of imidazole rings is 1. The second kappa shape index (κ2) is 7.69. The van der Waals surface area contributed by atoms with Crippen molar-refractivity contribution >= 4 is 5.91 Å². The standard InChI is InChI=1S/C23H23N7O2/c1-15-4-6-16(7-5-15)20-21(29(3)28-27-20)18-11-30(14-25-18)19-9-8-17(10-24-19)22(31)26-23(2)12-32-13-23/h4-11,14H,12-13H2,1-3H3,(H,26,31). The molecule has 1 aromatic carbocycles. The third kappa shape index (κ3) is 3.67. The van der Waals surface area contributed by atoms with Crippen molar-refractivity contribution in [1.29, 1.82) is 0 Å². The summed E-state index contributed by atoms with van der Waals surface area (Å²) in [7, 11) is 1.85. The second-order valence-electron chi connectivity index (χ2n) is 8.36. The van der Waals surface area contributed by atoms with Crippen molar-refractivity contribution in [3.63, 3.8) is 0 Å². The summed E-state index contributed by atoms with van der Waals surface area (Å²) in [6.45, 7) is 5.05. The molecule has 0 saturated carbocycles. The van der Waals surface area contributed by atoms with Crippen LogP contribution in [0.2, 0.25) is 0 Å². The van der Waals surface area contributed by atoms with Crippen LogP contribution in [0.25, 0.3) is 28.5 Å². The predicted octanol–water partition coefficient (Wildman–Crippen LogP) is 2.56. The van der Waals surface area contributed by atoms with Crippen LogP contribution in [0, 0.1) is 6.92 Å². The molecule has 0 unspecified atom stereocenters. The van der Waals surface area contributed by atoms with Gasteiger partial charge in [0.1, 0.15) is 29.2 Å². The fourth-order valence-electron chi connectivity index (χ4n) is 3.62. The van der Waals surface area contributed by atoms with Crippen LogP contribution < -0.4 is 5.32 Å². The van der Waals surface area contributed by atoms with E-state index in [-0.39, 0.29) is 11.4 Å². The highest BCUT2D eigenvalue weighted by Gasteiger charge is 2.35. The Morgan fingerprint density at radius 2 is 1.91 bits per heavy atom. The van der Waals surface area contributed by atoms with E-state index in [0.717, 1.165) is 22.6 Å². The molecular formula is C23H23N7O2. The van der Waals surface area contributed by atoms with Crippen LogP contribution in [0.3, 0.4) is 0 Å². The Morgan fingerprint density at radius 1 is 1.12 bits per heavy atom. The van der Waals surface area contributed by atoms with E-state index in [0.29, 0.717) is 24.6 Å². The number of rotatable bonds is 5. The van der Waals surface area contributed by atoms with Crippen molar-refractivity contribution in [2.45, 2.75) is 19.4 Å². The van der Waals surface area contributed by atoms with Gasteiger partial charge in [0.15, 0.2) is 0 Å². The molecule has 1 saturated heterocycles. The molecule has 162 valence electrons. The molecule has 9 nitrogen and oxygen atoms in total. The minimum absolute atomic E-state index is 0.162. The number of ether oxygens (including phenoxy) is 1. The van der Waals surface area contributed by atoms with Crippen LogP contribution in [-0.2, 0) is 11.8 Å². The van der Waals surface area contributed by atoms with Crippen molar-refractivity contribution in [2.24, 2.45) is 7.05 Å². The average molecular weight is 429 g/mol. The number of pyridine rings is 1. The van der Waals surface area contributed by atoms with E-state index in [1.165, 1.54) is 5.56 Å². The zero-order valence-corrected chi connectivity index (χ0v) is 18.1. The molecule has 1 amide bonds. The smallest absolute Gasteiger partial charge is 0.253 e. The molecule has 0 radical (unpaired) electrons. The van der Waals surface area contributed by atoms with Gasteiger partial charge < -0.3 is 10.1 Å². The number of hydrogen-bond donors (Lipinski definition) is 1. The molecule has 1 aliphatic rings. The molecule has 9 heteroatoms. The van der Waals surface area contributed by atoms with E-state index in [4.69, 9.17) is 4.74 Å². The molecule has 0 bridgehead atoms. The molecule has 1 fully saturated rings. The van der Waals surface area contributed by atoms with Crippen LogP contribution in [0.5, 0.6) is 0 Å². The van der Waals surface area contributed by atoms with Gasteiger partial charge in [0.05, 0.1) is 24.3 Å². The van der Waals surface area contributed by atoms with Crippen LogP contribution in [-0.4, -0.2) is 54.2 Å². The molecule has 0 spiro atoms. The van der Waals surface area contributed by atoms with Crippen LogP contribution in [0.15, 0.2) is 55.1 Å². The van der Waals surface area contributed by atoms with Crippen molar-refractivity contribution in [2.75, 3.05) is 13.2 Å². The SMILES string of the molecule is Cc1ccc(-c2nnn(C)c2-c2cn(-c3ccc(C(=O)NC4(C)COC4)cn3)cn2)cc1. The Morgan fingerprint density at radius 3 is 2.56 bits per heavy atom. The molecule has 3 aromatic heterocycles. The molecule has 1 N–H and O–H groups in total. The summed E-state index contributed by atoms with van der Waals surface area (Å²) in [5.74, 6) is 0.496. The van der Waals surface area contributed by atoms with E-state index in [1.54, 1.807) is 29.3 Å². The summed E-state index contributed by atoms with van der Waals surface area (Å²) in [5, 5.41) is 11.5. The van der Waals surface area contributed by atoms with Crippen molar-refractivity contribution in [3.8, 4) is 28.5 Å². The lowest BCUT2D eigenvalue weighted by Crippen LogP contribution is -2.59. The predicted molar refractivity (Wildman–Crippen MR) is 118 cm³/mol. The van der Waals surface area contributed by atoms with E-state index in [2.05, 4.69) is 25.6 Å². The first-order chi connectivity index (χ1) is 15.4. The molecule has 0 atom stereocenters. The maximum atomic E-state index is 12.4. The molecule has 1 aliphatic heterocycles. The first kappa shape index (κ1) is 20.1. The van der Waals surface area contributed by atoms with Gasteiger partial charge >= 0.3 is 0 Å². The second-order valence-corrected chi connectivity index (χ2v) is 8.36. The Kier molecular flexibility index (Phi) is 4.82. The maximum Gasteiger partial charge on any atom is 0.253 e. The van der Waals surface area contributed by atoms with Crippen molar-refractivity contribution in [3.05, 3.63) is 66.2 Å². The number of aromatic nitrogens is 6. The number of amides is 1. The number of nitrogens with one attached hydrogen (secondary N) is 1. The highest BCUT2D eigenvalue weighted by atomic mass is 16.5. The average Bonchev–Trinajstić information content (AvgIpc) is 3.40. The highest BCUT2D eigenvalue weighted by molar-refractivity contribution is 5.94. The molecular weight excluding hydrogens is 406 g/mol. The minimum atomic E-state index is -0.304. The zero-order chi connectivity index (χ0) is 22.3. The first-order valence-corrected chi connectivity index (χ1v) is 10.3. The van der Waals surface area contributed by atoms with Gasteiger partial charge in [-0.1, -0.05) is 35.0 Å². The van der Waals surface area contributed by atoms with Gasteiger partial charge in [0.2, 0.25) is 0 Å². The van der Waals surface area contributed by atoms with Gasteiger partial charge in [0, 0.05) is 25.0 Å². The Bertz CT molecular complexity index is 1270. The molecule has 4 aromatic rings. The molecule has 5 rings (SSSR count). The minimum Gasteiger partial charge on any atom is -0.376 e. The van der Waals surface area contributed by atoms with E-state index in [9.17, 15) is 4.79 Å². The lowest BCUT2D eigenvalue weighted by molar-refractivity contribution is -0.0593. The fraction of sp³-hybridized carbons (Fsp3) is 0.261. The maximum absolute atomic E-state index is 12.4. The van der Waals surface area contributed by atoms with E-state index < -0.39 is 0 Å².